The van der Waals surface area contributed by atoms with E-state index in [4.69, 9.17) is 11.0 Å². The van der Waals surface area contributed by atoms with Crippen molar-refractivity contribution in [1.82, 2.24) is 9.21 Å². The van der Waals surface area contributed by atoms with Crippen LogP contribution in [0.5, 0.6) is 0 Å². The first-order valence-corrected chi connectivity index (χ1v) is 14.4. The zero-order valence-electron chi connectivity index (χ0n) is 18.2. The molecule has 11 nitrogen and oxygen atoms in total. The molecule has 1 N–H and O–H groups in total. The summed E-state index contributed by atoms with van der Waals surface area (Å²) in [6.07, 6.45) is 5.62. The lowest BCUT2D eigenvalue weighted by Gasteiger charge is -2.34. The maximum absolute atomic E-state index is 13.6. The molecule has 33 heavy (non-hydrogen) atoms. The van der Waals surface area contributed by atoms with Crippen LogP contribution < -0.4 is 4.90 Å². The molecule has 0 spiro atoms. The standard InChI is InChI=1S/C19H27BrN4O7S2/c1-3-16-14-17(24(25)26)15-18(33(30,31)23-11-9-21(4-2)10-12-23)19(16)22(8-6-20)7-5-13-32(27,28)29/h1,14-15H,4-13H2,2H3,(H,27,28,29). The summed E-state index contributed by atoms with van der Waals surface area (Å²) in [5.41, 5.74) is -0.326. The largest absolute Gasteiger partial charge is 0.369 e. The predicted molar refractivity (Wildman–Crippen MR) is 129 cm³/mol. The molecule has 0 atom stereocenters. The number of nitro groups is 1. The number of benzene rings is 1. The minimum absolute atomic E-state index is 0.00148. The van der Waals surface area contributed by atoms with Crippen molar-refractivity contribution >= 4 is 47.4 Å². The Bertz CT molecular complexity index is 1110. The number of likely N-dealkylation sites (N-methyl/N-ethyl adjacent to an activating group) is 1. The quantitative estimate of drug-likeness (QED) is 0.138. The third-order valence-corrected chi connectivity index (χ3v) is 8.39. The number of hydrogen-bond acceptors (Lipinski definition) is 8. The molecule has 1 saturated heterocycles. The van der Waals surface area contributed by atoms with E-state index in [9.17, 15) is 26.9 Å². The highest BCUT2D eigenvalue weighted by atomic mass is 79.9. The van der Waals surface area contributed by atoms with Gasteiger partial charge in [0.05, 0.1) is 21.9 Å². The summed E-state index contributed by atoms with van der Waals surface area (Å²) >= 11 is 3.29. The molecular formula is C19H27BrN4O7S2. The van der Waals surface area contributed by atoms with Gasteiger partial charge < -0.3 is 9.80 Å². The first kappa shape index (κ1) is 27.5. The average Bonchev–Trinajstić information content (AvgIpc) is 2.76. The molecule has 1 aromatic rings. The molecule has 2 rings (SSSR count). The molecule has 0 saturated carbocycles. The van der Waals surface area contributed by atoms with Crippen LogP contribution in [0.1, 0.15) is 18.9 Å². The monoisotopic (exact) mass is 566 g/mol. The van der Waals surface area contributed by atoms with Gasteiger partial charge in [-0.1, -0.05) is 28.8 Å². The van der Waals surface area contributed by atoms with Gasteiger partial charge in [0.1, 0.15) is 4.90 Å². The van der Waals surface area contributed by atoms with Crippen molar-refractivity contribution in [2.45, 2.75) is 18.2 Å². The number of anilines is 1. The van der Waals surface area contributed by atoms with Crippen molar-refractivity contribution < 1.29 is 26.3 Å². The number of piperazine rings is 1. The second kappa shape index (κ2) is 11.6. The Balaban J connectivity index is 2.60. The smallest absolute Gasteiger partial charge is 0.272 e. The fraction of sp³-hybridized carbons (Fsp3) is 0.579. The molecule has 184 valence electrons. The number of hydrogen-bond donors (Lipinski definition) is 1. The fourth-order valence-corrected chi connectivity index (χ4v) is 6.23. The number of nitro benzene ring substituents is 1. The van der Waals surface area contributed by atoms with Crippen LogP contribution in [0.2, 0.25) is 0 Å². The van der Waals surface area contributed by atoms with Gasteiger partial charge in [0, 0.05) is 56.7 Å². The summed E-state index contributed by atoms with van der Waals surface area (Å²) in [4.78, 5) is 14.2. The molecule has 14 heteroatoms. The third-order valence-electron chi connectivity index (χ3n) is 5.32. The third kappa shape index (κ3) is 7.11. The molecule has 0 unspecified atom stereocenters. The van der Waals surface area contributed by atoms with Crippen LogP contribution in [0, 0.1) is 22.5 Å². The molecule has 0 amide bonds. The summed E-state index contributed by atoms with van der Waals surface area (Å²) in [7, 11) is -8.36. The van der Waals surface area contributed by atoms with Crippen LogP contribution in [0.4, 0.5) is 11.4 Å². The number of sulfonamides is 1. The molecule has 1 aromatic carbocycles. The van der Waals surface area contributed by atoms with E-state index in [1.54, 1.807) is 4.90 Å². The van der Waals surface area contributed by atoms with E-state index in [1.807, 2.05) is 6.92 Å². The first-order valence-electron chi connectivity index (χ1n) is 10.2. The van der Waals surface area contributed by atoms with Gasteiger partial charge in [0.15, 0.2) is 0 Å². The van der Waals surface area contributed by atoms with Crippen molar-refractivity contribution in [2.24, 2.45) is 0 Å². The van der Waals surface area contributed by atoms with E-state index >= 15 is 0 Å². The van der Waals surface area contributed by atoms with Crippen LogP contribution in [0.25, 0.3) is 0 Å². The second-order valence-corrected chi connectivity index (χ2v) is 11.7. The van der Waals surface area contributed by atoms with E-state index in [-0.39, 0.29) is 48.7 Å². The summed E-state index contributed by atoms with van der Waals surface area (Å²) in [6.45, 7) is 4.59. The summed E-state index contributed by atoms with van der Waals surface area (Å²) in [6, 6.07) is 2.13. The summed E-state index contributed by atoms with van der Waals surface area (Å²) in [5, 5.41) is 11.9. The van der Waals surface area contributed by atoms with Gasteiger partial charge in [-0.3, -0.25) is 14.7 Å². The zero-order chi connectivity index (χ0) is 24.8. The lowest BCUT2D eigenvalue weighted by molar-refractivity contribution is -0.385. The Labute approximate surface area is 202 Å². The van der Waals surface area contributed by atoms with Gasteiger partial charge in [0.25, 0.3) is 15.8 Å². The highest BCUT2D eigenvalue weighted by Gasteiger charge is 2.34. The van der Waals surface area contributed by atoms with Gasteiger partial charge in [0.2, 0.25) is 10.0 Å². The fourth-order valence-electron chi connectivity index (χ4n) is 3.63. The molecule has 0 aliphatic carbocycles. The molecule has 1 fully saturated rings. The Morgan fingerprint density at radius 2 is 1.85 bits per heavy atom. The Morgan fingerprint density at radius 1 is 1.21 bits per heavy atom. The second-order valence-electron chi connectivity index (χ2n) is 7.40. The molecule has 1 aliphatic rings. The zero-order valence-corrected chi connectivity index (χ0v) is 21.4. The van der Waals surface area contributed by atoms with E-state index in [2.05, 4.69) is 26.8 Å². The molecule has 1 heterocycles. The Morgan fingerprint density at radius 3 is 2.33 bits per heavy atom. The van der Waals surface area contributed by atoms with Gasteiger partial charge in [-0.2, -0.15) is 12.7 Å². The van der Waals surface area contributed by atoms with Crippen molar-refractivity contribution in [3.8, 4) is 12.3 Å². The van der Waals surface area contributed by atoms with Crippen molar-refractivity contribution in [3.63, 3.8) is 0 Å². The Hall–Kier alpha value is -1.76. The van der Waals surface area contributed by atoms with Crippen LogP contribution in [0.3, 0.4) is 0 Å². The number of nitrogens with zero attached hydrogens (tertiary/aromatic N) is 4. The number of non-ortho nitro benzene ring substituents is 1. The molecule has 0 bridgehead atoms. The van der Waals surface area contributed by atoms with Crippen molar-refractivity contribution in [1.29, 1.82) is 0 Å². The van der Waals surface area contributed by atoms with Crippen molar-refractivity contribution in [3.05, 3.63) is 27.8 Å². The lowest BCUT2D eigenvalue weighted by atomic mass is 10.1. The number of alkyl halides is 1. The van der Waals surface area contributed by atoms with Crippen LogP contribution in [-0.2, 0) is 20.1 Å². The van der Waals surface area contributed by atoms with E-state index in [0.29, 0.717) is 18.4 Å². The maximum Gasteiger partial charge on any atom is 0.272 e. The number of rotatable bonds is 11. The summed E-state index contributed by atoms with van der Waals surface area (Å²) < 4.78 is 59.9. The normalized spacial score (nSPS) is 15.8. The number of terminal acetylenes is 1. The van der Waals surface area contributed by atoms with Gasteiger partial charge >= 0.3 is 0 Å². The van der Waals surface area contributed by atoms with E-state index in [0.717, 1.165) is 18.7 Å². The highest BCUT2D eigenvalue weighted by molar-refractivity contribution is 9.09. The minimum atomic E-state index is -4.21. The molecule has 0 radical (unpaired) electrons. The first-order chi connectivity index (χ1) is 15.4. The van der Waals surface area contributed by atoms with E-state index < -0.39 is 36.5 Å². The molecule has 1 aliphatic heterocycles. The SMILES string of the molecule is C#Cc1cc([N+](=O)[O-])cc(S(=O)(=O)N2CCN(CC)CC2)c1N(CCBr)CCCS(=O)(=O)O. The predicted octanol–water partition coefficient (Wildman–Crippen LogP) is 1.38. The topological polar surface area (TPSA) is 141 Å². The van der Waals surface area contributed by atoms with E-state index in [1.165, 1.54) is 4.31 Å². The average molecular weight is 567 g/mol. The molecule has 0 aromatic heterocycles. The van der Waals surface area contributed by atoms with Crippen molar-refractivity contribution in [2.75, 3.05) is 61.8 Å². The van der Waals surface area contributed by atoms with Crippen LogP contribution in [0.15, 0.2) is 17.0 Å². The maximum atomic E-state index is 13.6. The molecular weight excluding hydrogens is 540 g/mol. The van der Waals surface area contributed by atoms with Gasteiger partial charge in [-0.05, 0) is 13.0 Å². The van der Waals surface area contributed by atoms with Crippen LogP contribution >= 0.6 is 15.9 Å². The lowest BCUT2D eigenvalue weighted by Crippen LogP contribution is -2.48. The summed E-state index contributed by atoms with van der Waals surface area (Å²) in [5.74, 6) is 1.83. The Kier molecular flexibility index (Phi) is 9.65. The highest BCUT2D eigenvalue weighted by Crippen LogP contribution is 2.36. The number of halogens is 1. The van der Waals surface area contributed by atoms with Gasteiger partial charge in [-0.25, -0.2) is 8.42 Å². The minimum Gasteiger partial charge on any atom is -0.369 e. The van der Waals surface area contributed by atoms with Gasteiger partial charge in [-0.15, -0.1) is 6.42 Å². The van der Waals surface area contributed by atoms with Crippen LogP contribution in [-0.4, -0.2) is 92.4 Å².